The van der Waals surface area contributed by atoms with Gasteiger partial charge in [-0.1, -0.05) is 0 Å². The van der Waals surface area contributed by atoms with Crippen molar-refractivity contribution >= 4 is 23.6 Å². The Morgan fingerprint density at radius 1 is 1.00 bits per heavy atom. The van der Waals surface area contributed by atoms with Crippen molar-refractivity contribution in [3.05, 3.63) is 59.7 Å². The predicted molar refractivity (Wildman–Crippen MR) is 111 cm³/mol. The minimum absolute atomic E-state index is 0.0191. The van der Waals surface area contributed by atoms with Gasteiger partial charge in [0.05, 0.1) is 14.2 Å². The summed E-state index contributed by atoms with van der Waals surface area (Å²) >= 11 is 0. The van der Waals surface area contributed by atoms with Crippen molar-refractivity contribution in [2.75, 3.05) is 32.6 Å². The number of benzene rings is 2. The molecule has 0 unspecified atom stereocenters. The average Bonchev–Trinajstić information content (AvgIpc) is 2.73. The lowest BCUT2D eigenvalue weighted by Crippen LogP contribution is -2.30. The molecule has 0 fully saturated rings. The molecule has 2 aromatic rings. The molecule has 0 bridgehead atoms. The molecule has 0 aliphatic heterocycles. The fourth-order valence-electron chi connectivity index (χ4n) is 2.70. The quantitative estimate of drug-likeness (QED) is 0.705. The van der Waals surface area contributed by atoms with Crippen LogP contribution in [0.15, 0.2) is 48.5 Å². The van der Waals surface area contributed by atoms with Crippen LogP contribution < -0.4 is 14.8 Å². The van der Waals surface area contributed by atoms with Crippen LogP contribution in [-0.2, 0) is 4.79 Å². The topological polar surface area (TPSA) is 67.9 Å². The first-order valence-corrected chi connectivity index (χ1v) is 9.12. The molecule has 0 aliphatic rings. The van der Waals surface area contributed by atoms with E-state index in [1.807, 2.05) is 19.9 Å². The third-order valence-electron chi connectivity index (χ3n) is 4.30. The third kappa shape index (κ3) is 5.36. The Morgan fingerprint density at radius 3 is 2.25 bits per heavy atom. The number of hydrogen-bond donors (Lipinski definition) is 1. The van der Waals surface area contributed by atoms with Crippen molar-refractivity contribution in [2.45, 2.75) is 13.8 Å². The van der Waals surface area contributed by atoms with Gasteiger partial charge >= 0.3 is 0 Å². The molecule has 0 aliphatic carbocycles. The zero-order valence-electron chi connectivity index (χ0n) is 16.7. The van der Waals surface area contributed by atoms with E-state index in [9.17, 15) is 9.59 Å². The molecule has 0 saturated heterocycles. The maximum atomic E-state index is 12.3. The second kappa shape index (κ2) is 10.2. The maximum Gasteiger partial charge on any atom is 0.253 e. The van der Waals surface area contributed by atoms with E-state index in [1.165, 1.54) is 6.08 Å². The van der Waals surface area contributed by atoms with Gasteiger partial charge in [0.25, 0.3) is 5.91 Å². The molecule has 28 heavy (non-hydrogen) atoms. The predicted octanol–water partition coefficient (Wildman–Crippen LogP) is 3.84. The van der Waals surface area contributed by atoms with Crippen molar-refractivity contribution in [1.82, 2.24) is 4.90 Å². The molecule has 0 heterocycles. The number of hydrogen-bond acceptors (Lipinski definition) is 4. The van der Waals surface area contributed by atoms with Gasteiger partial charge in [-0.3, -0.25) is 9.59 Å². The summed E-state index contributed by atoms with van der Waals surface area (Å²) in [6, 6.07) is 12.2. The lowest BCUT2D eigenvalue weighted by molar-refractivity contribution is -0.111. The normalized spacial score (nSPS) is 10.6. The van der Waals surface area contributed by atoms with E-state index >= 15 is 0 Å². The lowest BCUT2D eigenvalue weighted by atomic mass is 10.1. The summed E-state index contributed by atoms with van der Waals surface area (Å²) in [6.07, 6.45) is 3.10. The van der Waals surface area contributed by atoms with Gasteiger partial charge in [-0.2, -0.15) is 0 Å². The SMILES string of the molecule is CCN(CC)C(=O)c1ccc(NC(=O)/C=C/c2ccc(OC)cc2OC)cc1. The van der Waals surface area contributed by atoms with Gasteiger partial charge in [-0.25, -0.2) is 0 Å². The van der Waals surface area contributed by atoms with E-state index in [-0.39, 0.29) is 11.8 Å². The monoisotopic (exact) mass is 382 g/mol. The van der Waals surface area contributed by atoms with E-state index in [2.05, 4.69) is 5.32 Å². The Bertz CT molecular complexity index is 840. The second-order valence-electron chi connectivity index (χ2n) is 5.99. The van der Waals surface area contributed by atoms with E-state index in [0.29, 0.717) is 35.8 Å². The van der Waals surface area contributed by atoms with Gasteiger partial charge in [0.15, 0.2) is 0 Å². The Hall–Kier alpha value is -3.28. The second-order valence-corrected chi connectivity index (χ2v) is 5.99. The summed E-state index contributed by atoms with van der Waals surface area (Å²) in [5.41, 5.74) is 1.98. The van der Waals surface area contributed by atoms with Gasteiger partial charge in [0, 0.05) is 42.0 Å². The number of methoxy groups -OCH3 is 2. The molecule has 6 nitrogen and oxygen atoms in total. The number of anilines is 1. The van der Waals surface area contributed by atoms with Gasteiger partial charge in [0.1, 0.15) is 11.5 Å². The average molecular weight is 382 g/mol. The number of nitrogens with one attached hydrogen (secondary N) is 1. The minimum Gasteiger partial charge on any atom is -0.497 e. The van der Waals surface area contributed by atoms with Crippen molar-refractivity contribution in [3.8, 4) is 11.5 Å². The Morgan fingerprint density at radius 2 is 1.68 bits per heavy atom. The van der Waals surface area contributed by atoms with Crippen LogP contribution in [0, 0.1) is 0 Å². The lowest BCUT2D eigenvalue weighted by Gasteiger charge is -2.18. The summed E-state index contributed by atoms with van der Waals surface area (Å²) in [6.45, 7) is 5.21. The van der Waals surface area contributed by atoms with Crippen LogP contribution in [-0.4, -0.2) is 44.0 Å². The molecule has 148 valence electrons. The summed E-state index contributed by atoms with van der Waals surface area (Å²) in [7, 11) is 3.14. The number of rotatable bonds is 8. The van der Waals surface area contributed by atoms with Crippen LogP contribution in [0.1, 0.15) is 29.8 Å². The van der Waals surface area contributed by atoms with Crippen LogP contribution in [0.3, 0.4) is 0 Å². The van der Waals surface area contributed by atoms with E-state index in [4.69, 9.17) is 9.47 Å². The Balaban J connectivity index is 2.03. The fourth-order valence-corrected chi connectivity index (χ4v) is 2.70. The number of ether oxygens (including phenoxy) is 2. The van der Waals surface area contributed by atoms with Crippen molar-refractivity contribution in [3.63, 3.8) is 0 Å². The molecular weight excluding hydrogens is 356 g/mol. The summed E-state index contributed by atoms with van der Waals surface area (Å²) in [5.74, 6) is 0.996. The Labute approximate surface area is 165 Å². The molecule has 2 amide bonds. The number of nitrogens with zero attached hydrogens (tertiary/aromatic N) is 1. The molecule has 1 N–H and O–H groups in total. The highest BCUT2D eigenvalue weighted by atomic mass is 16.5. The summed E-state index contributed by atoms with van der Waals surface area (Å²) in [4.78, 5) is 26.3. The molecule has 0 atom stereocenters. The largest absolute Gasteiger partial charge is 0.497 e. The van der Waals surface area contributed by atoms with Crippen LogP contribution in [0.25, 0.3) is 6.08 Å². The van der Waals surface area contributed by atoms with E-state index in [0.717, 1.165) is 5.56 Å². The molecule has 0 aromatic heterocycles. The van der Waals surface area contributed by atoms with E-state index < -0.39 is 0 Å². The van der Waals surface area contributed by atoms with Crippen LogP contribution >= 0.6 is 0 Å². The first kappa shape index (κ1) is 21.0. The third-order valence-corrected chi connectivity index (χ3v) is 4.30. The van der Waals surface area contributed by atoms with Gasteiger partial charge < -0.3 is 19.7 Å². The highest BCUT2D eigenvalue weighted by Gasteiger charge is 2.12. The first-order chi connectivity index (χ1) is 13.5. The maximum absolute atomic E-state index is 12.3. The highest BCUT2D eigenvalue weighted by molar-refractivity contribution is 6.02. The fraction of sp³-hybridized carbons (Fsp3) is 0.273. The van der Waals surface area contributed by atoms with Crippen LogP contribution in [0.5, 0.6) is 11.5 Å². The van der Waals surface area contributed by atoms with Crippen molar-refractivity contribution in [1.29, 1.82) is 0 Å². The van der Waals surface area contributed by atoms with Crippen LogP contribution in [0.2, 0.25) is 0 Å². The van der Waals surface area contributed by atoms with Crippen LogP contribution in [0.4, 0.5) is 5.69 Å². The van der Waals surface area contributed by atoms with Gasteiger partial charge in [-0.15, -0.1) is 0 Å². The number of carbonyl (C=O) groups excluding carboxylic acids is 2. The smallest absolute Gasteiger partial charge is 0.253 e. The summed E-state index contributed by atoms with van der Waals surface area (Å²) in [5, 5.41) is 2.78. The molecular formula is C22H26N2O4. The zero-order valence-corrected chi connectivity index (χ0v) is 16.7. The van der Waals surface area contributed by atoms with Gasteiger partial charge in [-0.05, 0) is 56.3 Å². The molecule has 6 heteroatoms. The standard InChI is InChI=1S/C22H26N2O4/c1-5-24(6-2)22(26)17-7-11-18(12-8-17)23-21(25)14-10-16-9-13-19(27-3)15-20(16)28-4/h7-15H,5-6H2,1-4H3,(H,23,25)/b14-10+. The molecule has 2 rings (SSSR count). The summed E-state index contributed by atoms with van der Waals surface area (Å²) < 4.78 is 10.5. The van der Waals surface area contributed by atoms with Gasteiger partial charge in [0.2, 0.25) is 5.91 Å². The molecule has 0 spiro atoms. The zero-order chi connectivity index (χ0) is 20.5. The minimum atomic E-state index is -0.277. The number of carbonyl (C=O) groups is 2. The van der Waals surface area contributed by atoms with Crippen molar-refractivity contribution < 1.29 is 19.1 Å². The molecule has 2 aromatic carbocycles. The Kier molecular flexibility index (Phi) is 7.63. The number of amides is 2. The molecule has 0 radical (unpaired) electrons. The van der Waals surface area contributed by atoms with E-state index in [1.54, 1.807) is 61.6 Å². The van der Waals surface area contributed by atoms with Crippen molar-refractivity contribution in [2.24, 2.45) is 0 Å². The molecule has 0 saturated carbocycles. The first-order valence-electron chi connectivity index (χ1n) is 9.12. The highest BCUT2D eigenvalue weighted by Crippen LogP contribution is 2.25.